The van der Waals surface area contributed by atoms with Gasteiger partial charge < -0.3 is 5.73 Å². The first-order valence-corrected chi connectivity index (χ1v) is 5.62. The van der Waals surface area contributed by atoms with Crippen LogP contribution in [0, 0.1) is 5.82 Å². The average molecular weight is 256 g/mol. The summed E-state index contributed by atoms with van der Waals surface area (Å²) >= 11 is 0. The number of rotatable bonds is 1. The molecule has 0 aliphatic carbocycles. The molecule has 2 aromatic carbocycles. The standard InChI is InChI=1S/C14H9FN2O2/c15-8-3-1-4-9(7-8)17-13(18)10-5-2-6-11(16)12(10)14(17)19/h1-7H,16H2. The number of nitrogens with two attached hydrogens (primary N) is 1. The van der Waals surface area contributed by atoms with Crippen molar-refractivity contribution in [2.45, 2.75) is 0 Å². The van der Waals surface area contributed by atoms with Gasteiger partial charge in [-0.2, -0.15) is 0 Å². The second-order valence-electron chi connectivity index (χ2n) is 4.20. The van der Waals surface area contributed by atoms with E-state index >= 15 is 0 Å². The lowest BCUT2D eigenvalue weighted by Crippen LogP contribution is -2.29. The number of hydrogen-bond acceptors (Lipinski definition) is 3. The molecule has 94 valence electrons. The molecule has 0 fully saturated rings. The van der Waals surface area contributed by atoms with Crippen molar-refractivity contribution in [3.63, 3.8) is 0 Å². The molecule has 0 radical (unpaired) electrons. The Morgan fingerprint density at radius 1 is 1.00 bits per heavy atom. The third-order valence-corrected chi connectivity index (χ3v) is 3.01. The molecular formula is C14H9FN2O2. The largest absolute Gasteiger partial charge is 0.398 e. The number of fused-ring (bicyclic) bond motifs is 1. The average Bonchev–Trinajstić information content (AvgIpc) is 2.63. The molecule has 4 nitrogen and oxygen atoms in total. The third-order valence-electron chi connectivity index (χ3n) is 3.01. The molecule has 0 spiro atoms. The van der Waals surface area contributed by atoms with E-state index in [9.17, 15) is 14.0 Å². The molecule has 0 atom stereocenters. The molecular weight excluding hydrogens is 247 g/mol. The van der Waals surface area contributed by atoms with Crippen molar-refractivity contribution in [1.82, 2.24) is 0 Å². The lowest BCUT2D eigenvalue weighted by atomic mass is 10.1. The van der Waals surface area contributed by atoms with Crippen LogP contribution in [-0.2, 0) is 0 Å². The van der Waals surface area contributed by atoms with Gasteiger partial charge in [0.2, 0.25) is 0 Å². The SMILES string of the molecule is Nc1cccc2c1C(=O)N(c1cccc(F)c1)C2=O. The van der Waals surface area contributed by atoms with Gasteiger partial charge in [0, 0.05) is 5.69 Å². The van der Waals surface area contributed by atoms with Crippen LogP contribution in [0.15, 0.2) is 42.5 Å². The van der Waals surface area contributed by atoms with E-state index in [0.717, 1.165) is 11.0 Å². The summed E-state index contributed by atoms with van der Waals surface area (Å²) < 4.78 is 13.2. The molecule has 5 heteroatoms. The first-order chi connectivity index (χ1) is 9.09. The van der Waals surface area contributed by atoms with Crippen molar-refractivity contribution in [1.29, 1.82) is 0 Å². The van der Waals surface area contributed by atoms with Gasteiger partial charge in [-0.3, -0.25) is 9.59 Å². The Morgan fingerprint density at radius 3 is 2.42 bits per heavy atom. The van der Waals surface area contributed by atoms with E-state index in [1.807, 2.05) is 0 Å². The van der Waals surface area contributed by atoms with E-state index < -0.39 is 17.6 Å². The van der Waals surface area contributed by atoms with Gasteiger partial charge in [0.1, 0.15) is 5.82 Å². The van der Waals surface area contributed by atoms with Gasteiger partial charge in [0.05, 0.1) is 16.8 Å². The minimum atomic E-state index is -0.524. The van der Waals surface area contributed by atoms with Crippen molar-refractivity contribution < 1.29 is 14.0 Å². The molecule has 1 heterocycles. The Hall–Kier alpha value is -2.69. The van der Waals surface area contributed by atoms with E-state index in [4.69, 9.17) is 5.73 Å². The van der Waals surface area contributed by atoms with E-state index in [-0.39, 0.29) is 22.5 Å². The molecule has 0 saturated heterocycles. The molecule has 2 aromatic rings. The van der Waals surface area contributed by atoms with Crippen molar-refractivity contribution in [2.24, 2.45) is 0 Å². The highest BCUT2D eigenvalue weighted by atomic mass is 19.1. The summed E-state index contributed by atoms with van der Waals surface area (Å²) in [6, 6.07) is 10.0. The van der Waals surface area contributed by atoms with E-state index in [2.05, 4.69) is 0 Å². The summed E-state index contributed by atoms with van der Waals surface area (Å²) in [6.07, 6.45) is 0. The topological polar surface area (TPSA) is 63.4 Å². The zero-order chi connectivity index (χ0) is 13.6. The highest BCUT2D eigenvalue weighted by molar-refractivity contribution is 6.35. The van der Waals surface area contributed by atoms with Crippen molar-refractivity contribution in [2.75, 3.05) is 10.6 Å². The van der Waals surface area contributed by atoms with Crippen LogP contribution in [-0.4, -0.2) is 11.8 Å². The van der Waals surface area contributed by atoms with Gasteiger partial charge in [-0.1, -0.05) is 12.1 Å². The number of imide groups is 1. The molecule has 0 unspecified atom stereocenters. The molecule has 1 aliphatic rings. The van der Waals surface area contributed by atoms with E-state index in [1.54, 1.807) is 12.1 Å². The fraction of sp³-hybridized carbons (Fsp3) is 0. The molecule has 2 N–H and O–H groups in total. The number of carbonyl (C=O) groups excluding carboxylic acids is 2. The summed E-state index contributed by atoms with van der Waals surface area (Å²) in [5.74, 6) is -1.52. The highest BCUT2D eigenvalue weighted by Crippen LogP contribution is 2.31. The van der Waals surface area contributed by atoms with Crippen LogP contribution >= 0.6 is 0 Å². The Labute approximate surface area is 108 Å². The van der Waals surface area contributed by atoms with Gasteiger partial charge in [-0.15, -0.1) is 0 Å². The molecule has 3 rings (SSSR count). The second kappa shape index (κ2) is 3.91. The van der Waals surface area contributed by atoms with Crippen molar-refractivity contribution in [3.05, 3.63) is 59.4 Å². The zero-order valence-electron chi connectivity index (χ0n) is 9.76. The number of nitrogens with zero attached hydrogens (tertiary/aromatic N) is 1. The summed E-state index contributed by atoms with van der Waals surface area (Å²) in [7, 11) is 0. The normalized spacial score (nSPS) is 13.8. The van der Waals surface area contributed by atoms with E-state index in [1.165, 1.54) is 24.3 Å². The Balaban J connectivity index is 2.16. The van der Waals surface area contributed by atoms with Gasteiger partial charge in [0.15, 0.2) is 0 Å². The lowest BCUT2D eigenvalue weighted by molar-refractivity contribution is 0.0926. The smallest absolute Gasteiger partial charge is 0.268 e. The molecule has 19 heavy (non-hydrogen) atoms. The predicted molar refractivity (Wildman–Crippen MR) is 68.4 cm³/mol. The van der Waals surface area contributed by atoms with Crippen molar-refractivity contribution >= 4 is 23.2 Å². The molecule has 0 bridgehead atoms. The quantitative estimate of drug-likeness (QED) is 0.628. The van der Waals surface area contributed by atoms with Crippen LogP contribution in [0.1, 0.15) is 20.7 Å². The Morgan fingerprint density at radius 2 is 1.74 bits per heavy atom. The van der Waals surface area contributed by atoms with Crippen LogP contribution in [0.3, 0.4) is 0 Å². The summed E-state index contributed by atoms with van der Waals surface area (Å²) in [5.41, 5.74) is 6.59. The first-order valence-electron chi connectivity index (χ1n) is 5.62. The van der Waals surface area contributed by atoms with Gasteiger partial charge in [-0.05, 0) is 30.3 Å². The summed E-state index contributed by atoms with van der Waals surface area (Å²) in [4.78, 5) is 25.4. The minimum Gasteiger partial charge on any atom is -0.398 e. The fourth-order valence-corrected chi connectivity index (χ4v) is 2.16. The van der Waals surface area contributed by atoms with Crippen LogP contribution in [0.25, 0.3) is 0 Å². The van der Waals surface area contributed by atoms with Crippen LogP contribution < -0.4 is 10.6 Å². The number of benzene rings is 2. The lowest BCUT2D eigenvalue weighted by Gasteiger charge is -2.13. The number of amides is 2. The number of nitrogen functional groups attached to an aromatic ring is 1. The summed E-state index contributed by atoms with van der Waals surface area (Å²) in [6.45, 7) is 0. The van der Waals surface area contributed by atoms with Crippen LogP contribution in [0.4, 0.5) is 15.8 Å². The number of halogens is 1. The monoisotopic (exact) mass is 256 g/mol. The van der Waals surface area contributed by atoms with E-state index in [0.29, 0.717) is 0 Å². The first kappa shape index (κ1) is 11.4. The van der Waals surface area contributed by atoms with Crippen LogP contribution in [0.2, 0.25) is 0 Å². The highest BCUT2D eigenvalue weighted by Gasteiger charge is 2.38. The van der Waals surface area contributed by atoms with Crippen LogP contribution in [0.5, 0.6) is 0 Å². The fourth-order valence-electron chi connectivity index (χ4n) is 2.16. The van der Waals surface area contributed by atoms with Crippen molar-refractivity contribution in [3.8, 4) is 0 Å². The number of carbonyl (C=O) groups is 2. The second-order valence-corrected chi connectivity index (χ2v) is 4.20. The molecule has 0 aromatic heterocycles. The maximum atomic E-state index is 13.2. The molecule has 1 aliphatic heterocycles. The minimum absolute atomic E-state index is 0.178. The molecule has 2 amide bonds. The maximum absolute atomic E-state index is 13.2. The Bertz CT molecular complexity index is 712. The maximum Gasteiger partial charge on any atom is 0.268 e. The van der Waals surface area contributed by atoms with Gasteiger partial charge >= 0.3 is 0 Å². The number of anilines is 2. The van der Waals surface area contributed by atoms with Gasteiger partial charge in [0.25, 0.3) is 11.8 Å². The number of hydrogen-bond donors (Lipinski definition) is 1. The Kier molecular flexibility index (Phi) is 2.35. The predicted octanol–water partition coefficient (Wildman–Crippen LogP) is 2.21. The zero-order valence-corrected chi connectivity index (χ0v) is 9.76. The summed E-state index contributed by atoms with van der Waals surface area (Å²) in [5, 5.41) is 0. The third kappa shape index (κ3) is 1.59. The molecule has 0 saturated carbocycles. The van der Waals surface area contributed by atoms with Gasteiger partial charge in [-0.25, -0.2) is 9.29 Å².